The average Bonchev–Trinajstić information content (AvgIpc) is 2.39. The quantitative estimate of drug-likeness (QED) is 0.780. The molecule has 0 fully saturated rings. The molecule has 0 bridgehead atoms. The van der Waals surface area contributed by atoms with Crippen LogP contribution in [0.3, 0.4) is 0 Å². The summed E-state index contributed by atoms with van der Waals surface area (Å²) in [5.41, 5.74) is 4.90. The Bertz CT molecular complexity index is 605. The molecule has 1 heterocycles. The summed E-state index contributed by atoms with van der Waals surface area (Å²) in [6.07, 6.45) is 1.59. The molecule has 0 radical (unpaired) electrons. The first-order valence-electron chi connectivity index (χ1n) is 8.15. The van der Waals surface area contributed by atoms with E-state index in [2.05, 4.69) is 15.3 Å². The molecule has 3 N–H and O–H groups in total. The maximum atomic E-state index is 12.4. The number of aromatic nitrogens is 2. The van der Waals surface area contributed by atoms with Crippen molar-refractivity contribution >= 4 is 18.0 Å². The molecule has 1 aromatic heterocycles. The molecule has 0 saturated heterocycles. The van der Waals surface area contributed by atoms with Crippen LogP contribution in [0.15, 0.2) is 12.3 Å². The smallest absolute Gasteiger partial charge is 0.408 e. The molecular weight excluding hydrogens is 324 g/mol. The Morgan fingerprint density at radius 1 is 1.16 bits per heavy atom. The van der Waals surface area contributed by atoms with Crippen LogP contribution >= 0.6 is 0 Å². The fourth-order valence-corrected chi connectivity index (χ4v) is 1.92. The van der Waals surface area contributed by atoms with E-state index in [1.165, 1.54) is 0 Å². The van der Waals surface area contributed by atoms with Gasteiger partial charge in [0, 0.05) is 11.9 Å². The number of carbonyl (C=O) groups is 2. The van der Waals surface area contributed by atoms with Gasteiger partial charge in [-0.1, -0.05) is 0 Å². The highest BCUT2D eigenvalue weighted by Crippen LogP contribution is 2.13. The lowest BCUT2D eigenvalue weighted by atomic mass is 10.1. The number of nitrogens with zero attached hydrogens (tertiary/aromatic N) is 2. The Morgan fingerprint density at radius 3 is 2.28 bits per heavy atom. The summed E-state index contributed by atoms with van der Waals surface area (Å²) < 4.78 is 10.6. The Morgan fingerprint density at radius 2 is 1.76 bits per heavy atom. The van der Waals surface area contributed by atoms with E-state index in [1.807, 2.05) is 0 Å². The third kappa shape index (κ3) is 8.88. The number of nitrogen functional groups attached to an aromatic ring is 1. The molecular formula is C17H28N4O4. The van der Waals surface area contributed by atoms with Gasteiger partial charge in [-0.25, -0.2) is 19.6 Å². The molecule has 1 rings (SSSR count). The summed E-state index contributed by atoms with van der Waals surface area (Å²) >= 11 is 0. The second kappa shape index (κ2) is 8.13. The fraction of sp³-hybridized carbons (Fsp3) is 0.647. The Balaban J connectivity index is 2.79. The number of rotatable bonds is 5. The normalized spacial score (nSPS) is 13.0. The highest BCUT2D eigenvalue weighted by atomic mass is 16.6. The van der Waals surface area contributed by atoms with Crippen molar-refractivity contribution in [2.24, 2.45) is 0 Å². The largest absolute Gasteiger partial charge is 0.458 e. The van der Waals surface area contributed by atoms with Crippen LogP contribution in [0.1, 0.15) is 53.7 Å². The van der Waals surface area contributed by atoms with Crippen molar-refractivity contribution in [2.75, 3.05) is 5.73 Å². The van der Waals surface area contributed by atoms with Crippen LogP contribution in [0.4, 0.5) is 10.7 Å². The van der Waals surface area contributed by atoms with E-state index < -0.39 is 29.3 Å². The van der Waals surface area contributed by atoms with Gasteiger partial charge in [0.05, 0.1) is 0 Å². The molecule has 0 aliphatic heterocycles. The molecule has 8 heteroatoms. The lowest BCUT2D eigenvalue weighted by molar-refractivity contribution is -0.157. The second-order valence-electron chi connectivity index (χ2n) is 7.68. The van der Waals surface area contributed by atoms with Crippen LogP contribution in [0.2, 0.25) is 0 Å². The standard InChI is InChI=1S/C17H28N4O4/c1-16(2,3)24-13(22)12(21-15(23)25-17(4,5)6)8-7-11-9-10-19-14(18)20-11/h9-10,12H,7-8H2,1-6H3,(H,21,23)(H2,18,19,20)/t12-/m0/s1. The third-order valence-electron chi connectivity index (χ3n) is 2.80. The summed E-state index contributed by atoms with van der Waals surface area (Å²) in [5.74, 6) is -0.369. The number of aryl methyl sites for hydroxylation is 1. The molecule has 140 valence electrons. The van der Waals surface area contributed by atoms with Crippen LogP contribution in [-0.2, 0) is 20.7 Å². The summed E-state index contributed by atoms with van der Waals surface area (Å²) in [5, 5.41) is 2.57. The van der Waals surface area contributed by atoms with Crippen molar-refractivity contribution in [3.8, 4) is 0 Å². The fourth-order valence-electron chi connectivity index (χ4n) is 1.92. The van der Waals surface area contributed by atoms with Gasteiger partial charge in [0.2, 0.25) is 5.95 Å². The predicted molar refractivity (Wildman–Crippen MR) is 93.8 cm³/mol. The molecule has 1 atom stereocenters. The van der Waals surface area contributed by atoms with Gasteiger partial charge in [0.15, 0.2) is 0 Å². The number of esters is 1. The molecule has 0 aromatic carbocycles. The zero-order valence-corrected chi connectivity index (χ0v) is 15.8. The number of alkyl carbamates (subject to hydrolysis) is 1. The Kier molecular flexibility index (Phi) is 6.72. The third-order valence-corrected chi connectivity index (χ3v) is 2.80. The number of nitrogens with one attached hydrogen (secondary N) is 1. The van der Waals surface area contributed by atoms with Crippen molar-refractivity contribution in [3.63, 3.8) is 0 Å². The number of carbonyl (C=O) groups excluding carboxylic acids is 2. The van der Waals surface area contributed by atoms with Gasteiger partial charge in [-0.05, 0) is 60.5 Å². The summed E-state index contributed by atoms with van der Waals surface area (Å²) in [6, 6.07) is 0.848. The Labute approximate surface area is 148 Å². The molecule has 0 aliphatic carbocycles. The lowest BCUT2D eigenvalue weighted by Gasteiger charge is -2.26. The number of amides is 1. The Hall–Kier alpha value is -2.38. The number of hydrogen-bond acceptors (Lipinski definition) is 7. The summed E-state index contributed by atoms with van der Waals surface area (Å²) in [7, 11) is 0. The number of anilines is 1. The number of nitrogens with two attached hydrogens (primary N) is 1. The predicted octanol–water partition coefficient (Wildman–Crippen LogP) is 2.23. The van der Waals surface area contributed by atoms with Crippen molar-refractivity contribution in [3.05, 3.63) is 18.0 Å². The highest BCUT2D eigenvalue weighted by molar-refractivity contribution is 5.81. The maximum Gasteiger partial charge on any atom is 0.408 e. The first-order chi connectivity index (χ1) is 11.4. The topological polar surface area (TPSA) is 116 Å². The van der Waals surface area contributed by atoms with E-state index in [9.17, 15) is 9.59 Å². The van der Waals surface area contributed by atoms with E-state index >= 15 is 0 Å². The minimum Gasteiger partial charge on any atom is -0.458 e. The number of hydrogen-bond donors (Lipinski definition) is 2. The van der Waals surface area contributed by atoms with Crippen LogP contribution in [0.5, 0.6) is 0 Å². The van der Waals surface area contributed by atoms with E-state index in [1.54, 1.807) is 53.8 Å². The summed E-state index contributed by atoms with van der Waals surface area (Å²) in [4.78, 5) is 32.3. The van der Waals surface area contributed by atoms with Gasteiger partial charge in [0.1, 0.15) is 17.2 Å². The first kappa shape index (κ1) is 20.7. The maximum absolute atomic E-state index is 12.4. The van der Waals surface area contributed by atoms with E-state index in [0.29, 0.717) is 18.5 Å². The van der Waals surface area contributed by atoms with Gasteiger partial charge in [-0.2, -0.15) is 0 Å². The van der Waals surface area contributed by atoms with Crippen molar-refractivity contribution in [2.45, 2.75) is 71.6 Å². The zero-order chi connectivity index (χ0) is 19.3. The SMILES string of the molecule is CC(C)(C)OC(=O)N[C@@H](CCc1ccnc(N)n1)C(=O)OC(C)(C)C. The molecule has 0 aliphatic rings. The minimum atomic E-state index is -0.856. The van der Waals surface area contributed by atoms with Crippen molar-refractivity contribution in [1.82, 2.24) is 15.3 Å². The van der Waals surface area contributed by atoms with Crippen molar-refractivity contribution < 1.29 is 19.1 Å². The number of ether oxygens (including phenoxy) is 2. The van der Waals surface area contributed by atoms with E-state index in [0.717, 1.165) is 0 Å². The molecule has 25 heavy (non-hydrogen) atoms. The lowest BCUT2D eigenvalue weighted by Crippen LogP contribution is -2.46. The van der Waals surface area contributed by atoms with Crippen molar-refractivity contribution in [1.29, 1.82) is 0 Å². The van der Waals surface area contributed by atoms with E-state index in [-0.39, 0.29) is 5.95 Å². The second-order valence-corrected chi connectivity index (χ2v) is 7.68. The first-order valence-corrected chi connectivity index (χ1v) is 8.15. The van der Waals surface area contributed by atoms with Crippen LogP contribution in [0.25, 0.3) is 0 Å². The minimum absolute atomic E-state index is 0.159. The molecule has 1 amide bonds. The van der Waals surface area contributed by atoms with E-state index in [4.69, 9.17) is 15.2 Å². The van der Waals surface area contributed by atoms with Gasteiger partial charge in [-0.3, -0.25) is 0 Å². The van der Waals surface area contributed by atoms with Gasteiger partial charge < -0.3 is 20.5 Å². The molecule has 1 aromatic rings. The molecule has 0 spiro atoms. The van der Waals surface area contributed by atoms with Crippen LogP contribution < -0.4 is 11.1 Å². The molecule has 0 saturated carbocycles. The monoisotopic (exact) mass is 352 g/mol. The highest BCUT2D eigenvalue weighted by Gasteiger charge is 2.28. The van der Waals surface area contributed by atoms with Gasteiger partial charge >= 0.3 is 12.1 Å². The van der Waals surface area contributed by atoms with Gasteiger partial charge in [-0.15, -0.1) is 0 Å². The van der Waals surface area contributed by atoms with Gasteiger partial charge in [0.25, 0.3) is 0 Å². The average molecular weight is 352 g/mol. The van der Waals surface area contributed by atoms with Crippen LogP contribution in [0, 0.1) is 0 Å². The molecule has 8 nitrogen and oxygen atoms in total. The molecule has 0 unspecified atom stereocenters. The van der Waals surface area contributed by atoms with Crippen LogP contribution in [-0.4, -0.2) is 39.3 Å². The zero-order valence-electron chi connectivity index (χ0n) is 15.8. The summed E-state index contributed by atoms with van der Waals surface area (Å²) in [6.45, 7) is 10.5.